The second-order valence-electron chi connectivity index (χ2n) is 6.88. The quantitative estimate of drug-likeness (QED) is 0.437. The largest absolute Gasteiger partial charge is 0.466 e. The van der Waals surface area contributed by atoms with Gasteiger partial charge in [0, 0.05) is 23.5 Å². The van der Waals surface area contributed by atoms with E-state index in [-0.39, 0.29) is 23.5 Å². The van der Waals surface area contributed by atoms with Gasteiger partial charge in [0.05, 0.1) is 24.6 Å². The van der Waals surface area contributed by atoms with Gasteiger partial charge in [-0.2, -0.15) is 5.10 Å². The Balaban J connectivity index is 2.18. The number of pyridine rings is 1. The number of ketones is 1. The first-order valence-electron chi connectivity index (χ1n) is 9.83. The summed E-state index contributed by atoms with van der Waals surface area (Å²) in [7, 11) is 1.16. The topological polar surface area (TPSA) is 129 Å². The average Bonchev–Trinajstić information content (AvgIpc) is 2.79. The Morgan fingerprint density at radius 1 is 1.19 bits per heavy atom. The molecule has 32 heavy (non-hydrogen) atoms. The number of aromatic nitrogens is 3. The van der Waals surface area contributed by atoms with Crippen LogP contribution >= 0.6 is 0 Å². The Morgan fingerprint density at radius 3 is 2.56 bits per heavy atom. The van der Waals surface area contributed by atoms with Gasteiger partial charge in [-0.15, -0.1) is 0 Å². The summed E-state index contributed by atoms with van der Waals surface area (Å²) < 4.78 is 10.7. The number of benzene rings is 1. The standard InChI is InChI=1S/C22H22N4O6/c1-5-26-20(28)18(24-16-11-23-10-14-8-6-7-9-15(14)16)17(12(2)27)19(25-26)22(30)32-13(3)21(29)31-4/h6-11,13,24H,5H2,1-4H3. The fourth-order valence-electron chi connectivity index (χ4n) is 3.17. The number of ether oxygens (including phenoxy) is 2. The Labute approximate surface area is 183 Å². The van der Waals surface area contributed by atoms with E-state index in [0.717, 1.165) is 22.6 Å². The fraction of sp³-hybridized carbons (Fsp3) is 0.273. The summed E-state index contributed by atoms with van der Waals surface area (Å²) in [6.07, 6.45) is 1.95. The molecule has 0 spiro atoms. The molecule has 2 heterocycles. The average molecular weight is 438 g/mol. The number of carbonyl (C=O) groups excluding carboxylic acids is 3. The normalized spacial score (nSPS) is 11.6. The number of anilines is 2. The number of nitrogens with zero attached hydrogens (tertiary/aromatic N) is 3. The summed E-state index contributed by atoms with van der Waals surface area (Å²) in [4.78, 5) is 54.2. The number of esters is 2. The SMILES string of the molecule is CCn1nc(C(=O)OC(C)C(=O)OC)c(C(C)=O)c(Nc2cncc3ccccc23)c1=O. The van der Waals surface area contributed by atoms with E-state index in [9.17, 15) is 19.2 Å². The van der Waals surface area contributed by atoms with E-state index in [1.807, 2.05) is 24.3 Å². The lowest BCUT2D eigenvalue weighted by Crippen LogP contribution is -2.33. The van der Waals surface area contributed by atoms with Crippen LogP contribution in [0.15, 0.2) is 41.5 Å². The van der Waals surface area contributed by atoms with E-state index < -0.39 is 29.4 Å². The maximum absolute atomic E-state index is 13.1. The minimum Gasteiger partial charge on any atom is -0.466 e. The first-order chi connectivity index (χ1) is 15.3. The smallest absolute Gasteiger partial charge is 0.360 e. The van der Waals surface area contributed by atoms with Gasteiger partial charge in [-0.1, -0.05) is 24.3 Å². The Hall–Kier alpha value is -4.08. The molecular weight excluding hydrogens is 416 g/mol. The van der Waals surface area contributed by atoms with Gasteiger partial charge in [0.25, 0.3) is 5.56 Å². The van der Waals surface area contributed by atoms with Crippen molar-refractivity contribution in [2.24, 2.45) is 0 Å². The van der Waals surface area contributed by atoms with Crippen LogP contribution in [0, 0.1) is 0 Å². The molecule has 3 aromatic rings. The molecule has 1 unspecified atom stereocenters. The molecule has 0 aliphatic heterocycles. The van der Waals surface area contributed by atoms with Crippen LogP contribution in [0.5, 0.6) is 0 Å². The number of hydrogen-bond acceptors (Lipinski definition) is 9. The third-order valence-electron chi connectivity index (χ3n) is 4.75. The minimum absolute atomic E-state index is 0.131. The van der Waals surface area contributed by atoms with Crippen molar-refractivity contribution in [1.29, 1.82) is 0 Å². The van der Waals surface area contributed by atoms with E-state index in [4.69, 9.17) is 4.74 Å². The molecule has 10 heteroatoms. The number of Topliss-reactive ketones (excluding diaryl/α,β-unsaturated/α-hetero) is 1. The Kier molecular flexibility index (Phi) is 6.62. The monoisotopic (exact) mass is 438 g/mol. The number of nitrogens with one attached hydrogen (secondary N) is 1. The zero-order valence-electron chi connectivity index (χ0n) is 18.0. The summed E-state index contributed by atoms with van der Waals surface area (Å²) >= 11 is 0. The molecule has 10 nitrogen and oxygen atoms in total. The number of carbonyl (C=O) groups is 3. The summed E-state index contributed by atoms with van der Waals surface area (Å²) in [5, 5.41) is 8.56. The highest BCUT2D eigenvalue weighted by atomic mass is 16.6. The van der Waals surface area contributed by atoms with E-state index >= 15 is 0 Å². The fourth-order valence-corrected chi connectivity index (χ4v) is 3.17. The molecule has 0 saturated heterocycles. The molecule has 3 rings (SSSR count). The van der Waals surface area contributed by atoms with Gasteiger partial charge in [0.1, 0.15) is 5.69 Å². The lowest BCUT2D eigenvalue weighted by molar-refractivity contribution is -0.149. The summed E-state index contributed by atoms with van der Waals surface area (Å²) in [6.45, 7) is 4.33. The second-order valence-corrected chi connectivity index (χ2v) is 6.88. The predicted molar refractivity (Wildman–Crippen MR) is 116 cm³/mol. The molecular formula is C22H22N4O6. The van der Waals surface area contributed by atoms with Crippen LogP contribution in [-0.4, -0.2) is 45.7 Å². The zero-order valence-corrected chi connectivity index (χ0v) is 18.0. The maximum atomic E-state index is 13.1. The molecule has 2 aromatic heterocycles. The number of aryl methyl sites for hydroxylation is 1. The summed E-state index contributed by atoms with van der Waals surface area (Å²) in [5.41, 5.74) is -0.882. The lowest BCUT2D eigenvalue weighted by Gasteiger charge is -2.17. The van der Waals surface area contributed by atoms with E-state index in [0.29, 0.717) is 5.69 Å². The van der Waals surface area contributed by atoms with Crippen molar-refractivity contribution in [3.8, 4) is 0 Å². The number of fused-ring (bicyclic) bond motifs is 1. The molecule has 0 aliphatic rings. The highest BCUT2D eigenvalue weighted by Gasteiger charge is 2.29. The van der Waals surface area contributed by atoms with Crippen molar-refractivity contribution in [1.82, 2.24) is 14.8 Å². The molecule has 0 radical (unpaired) electrons. The van der Waals surface area contributed by atoms with Gasteiger partial charge >= 0.3 is 11.9 Å². The van der Waals surface area contributed by atoms with Crippen molar-refractivity contribution < 1.29 is 23.9 Å². The third-order valence-corrected chi connectivity index (χ3v) is 4.75. The Bertz CT molecular complexity index is 1260. The van der Waals surface area contributed by atoms with Crippen LogP contribution in [0.2, 0.25) is 0 Å². The molecule has 0 fully saturated rings. The molecule has 1 aromatic carbocycles. The summed E-state index contributed by atoms with van der Waals surface area (Å²) in [6, 6.07) is 7.36. The number of hydrogen-bond donors (Lipinski definition) is 1. The van der Waals surface area contributed by atoms with Crippen LogP contribution in [0.4, 0.5) is 11.4 Å². The van der Waals surface area contributed by atoms with Gasteiger partial charge < -0.3 is 14.8 Å². The molecule has 1 atom stereocenters. The van der Waals surface area contributed by atoms with Crippen molar-refractivity contribution in [3.05, 3.63) is 58.3 Å². The van der Waals surface area contributed by atoms with E-state index in [1.165, 1.54) is 20.0 Å². The van der Waals surface area contributed by atoms with Crippen molar-refractivity contribution in [3.63, 3.8) is 0 Å². The molecule has 1 N–H and O–H groups in total. The molecule has 166 valence electrons. The number of methoxy groups -OCH3 is 1. The first kappa shape index (κ1) is 22.6. The van der Waals surface area contributed by atoms with Gasteiger partial charge in [-0.25, -0.2) is 14.3 Å². The van der Waals surface area contributed by atoms with Crippen molar-refractivity contribution in [2.75, 3.05) is 12.4 Å². The van der Waals surface area contributed by atoms with Gasteiger partial charge in [0.2, 0.25) is 0 Å². The number of rotatable bonds is 7. The van der Waals surface area contributed by atoms with Crippen molar-refractivity contribution in [2.45, 2.75) is 33.4 Å². The van der Waals surface area contributed by atoms with Crippen molar-refractivity contribution >= 4 is 39.9 Å². The highest BCUT2D eigenvalue weighted by molar-refractivity contribution is 6.09. The van der Waals surface area contributed by atoms with Gasteiger partial charge in [-0.3, -0.25) is 14.6 Å². The maximum Gasteiger partial charge on any atom is 0.360 e. The van der Waals surface area contributed by atoms with Crippen LogP contribution in [0.25, 0.3) is 10.8 Å². The molecule has 0 bridgehead atoms. The van der Waals surface area contributed by atoms with E-state index in [1.54, 1.807) is 13.1 Å². The molecule has 0 amide bonds. The Morgan fingerprint density at radius 2 is 1.91 bits per heavy atom. The van der Waals surface area contributed by atoms with Crippen LogP contribution < -0.4 is 10.9 Å². The van der Waals surface area contributed by atoms with Gasteiger partial charge in [-0.05, 0) is 20.8 Å². The predicted octanol–water partition coefficient (Wildman–Crippen LogP) is 2.48. The van der Waals surface area contributed by atoms with E-state index in [2.05, 4.69) is 20.1 Å². The minimum atomic E-state index is -1.23. The van der Waals surface area contributed by atoms with Crippen LogP contribution in [0.3, 0.4) is 0 Å². The highest BCUT2D eigenvalue weighted by Crippen LogP contribution is 2.27. The molecule has 0 saturated carbocycles. The first-order valence-corrected chi connectivity index (χ1v) is 9.83. The van der Waals surface area contributed by atoms with Crippen LogP contribution in [-0.2, 0) is 20.8 Å². The van der Waals surface area contributed by atoms with Gasteiger partial charge in [0.15, 0.2) is 17.6 Å². The summed E-state index contributed by atoms with van der Waals surface area (Å²) in [5.74, 6) is -2.38. The second kappa shape index (κ2) is 9.38. The lowest BCUT2D eigenvalue weighted by atomic mass is 10.1. The van der Waals surface area contributed by atoms with Crippen LogP contribution in [0.1, 0.15) is 41.6 Å². The zero-order chi connectivity index (χ0) is 23.4. The molecule has 0 aliphatic carbocycles. The third kappa shape index (κ3) is 4.34.